The highest BCUT2D eigenvalue weighted by atomic mass is 35.5. The van der Waals surface area contributed by atoms with E-state index in [1.54, 1.807) is 11.3 Å². The number of sulfonamides is 1. The van der Waals surface area contributed by atoms with Gasteiger partial charge in [-0.1, -0.05) is 41.4 Å². The van der Waals surface area contributed by atoms with Crippen LogP contribution in [-0.4, -0.2) is 24.9 Å². The van der Waals surface area contributed by atoms with Gasteiger partial charge in [-0.3, -0.25) is 0 Å². The van der Waals surface area contributed by atoms with Crippen molar-refractivity contribution in [2.75, 3.05) is 6.54 Å². The zero-order valence-corrected chi connectivity index (χ0v) is 15.8. The molecule has 0 amide bonds. The van der Waals surface area contributed by atoms with E-state index in [9.17, 15) is 8.42 Å². The first-order chi connectivity index (χ1) is 11.9. The summed E-state index contributed by atoms with van der Waals surface area (Å²) in [5, 5.41) is 3.14. The molecule has 0 aliphatic carbocycles. The van der Waals surface area contributed by atoms with Crippen molar-refractivity contribution in [1.29, 1.82) is 0 Å². The quantitative estimate of drug-likeness (QED) is 0.648. The molecule has 3 aromatic rings. The van der Waals surface area contributed by atoms with Gasteiger partial charge in [0.15, 0.2) is 0 Å². The van der Waals surface area contributed by atoms with E-state index in [4.69, 9.17) is 11.6 Å². The molecule has 2 aromatic heterocycles. The molecule has 0 saturated carbocycles. The van der Waals surface area contributed by atoms with Crippen LogP contribution in [0.15, 0.2) is 52.9 Å². The first-order valence-electron chi connectivity index (χ1n) is 7.57. The first kappa shape index (κ1) is 18.0. The monoisotopic (exact) mass is 393 g/mol. The number of aryl methyl sites for hydroxylation is 1. The van der Waals surface area contributed by atoms with Gasteiger partial charge >= 0.3 is 0 Å². The number of aromatic nitrogens is 2. The molecule has 130 valence electrons. The molecule has 5 nitrogen and oxygen atoms in total. The second-order valence-electron chi connectivity index (χ2n) is 5.47. The van der Waals surface area contributed by atoms with Gasteiger partial charge < -0.3 is 0 Å². The lowest BCUT2D eigenvalue weighted by molar-refractivity contribution is 0.581. The fourth-order valence-corrected chi connectivity index (χ4v) is 4.12. The third-order valence-electron chi connectivity index (χ3n) is 3.53. The van der Waals surface area contributed by atoms with E-state index in [1.165, 1.54) is 23.9 Å². The van der Waals surface area contributed by atoms with E-state index in [0.29, 0.717) is 6.42 Å². The molecule has 0 spiro atoms. The molecule has 0 aliphatic heterocycles. The van der Waals surface area contributed by atoms with Crippen molar-refractivity contribution >= 4 is 33.0 Å². The molecular formula is C17H16ClN3O2S2. The van der Waals surface area contributed by atoms with Crippen LogP contribution >= 0.6 is 22.9 Å². The van der Waals surface area contributed by atoms with E-state index >= 15 is 0 Å². The summed E-state index contributed by atoms with van der Waals surface area (Å²) in [5.41, 5.74) is 3.12. The van der Waals surface area contributed by atoms with E-state index in [-0.39, 0.29) is 16.6 Å². The summed E-state index contributed by atoms with van der Waals surface area (Å²) in [6.07, 6.45) is 1.76. The summed E-state index contributed by atoms with van der Waals surface area (Å²) in [4.78, 5) is 8.45. The highest BCUT2D eigenvalue weighted by molar-refractivity contribution is 7.89. The van der Waals surface area contributed by atoms with E-state index in [2.05, 4.69) is 14.7 Å². The Morgan fingerprint density at radius 3 is 2.60 bits per heavy atom. The molecule has 8 heteroatoms. The second-order valence-corrected chi connectivity index (χ2v) is 8.49. The minimum Gasteiger partial charge on any atom is -0.243 e. The summed E-state index contributed by atoms with van der Waals surface area (Å²) >= 11 is 7.23. The largest absolute Gasteiger partial charge is 0.243 e. The molecule has 0 atom stereocenters. The van der Waals surface area contributed by atoms with Crippen LogP contribution in [0.4, 0.5) is 0 Å². The fourth-order valence-electron chi connectivity index (χ4n) is 2.17. The lowest BCUT2D eigenvalue weighted by Gasteiger charge is -2.05. The number of benzene rings is 1. The number of hydrogen-bond donors (Lipinski definition) is 1. The Hall–Kier alpha value is -1.80. The molecule has 0 unspecified atom stereocenters. The third kappa shape index (κ3) is 4.64. The normalized spacial score (nSPS) is 11.6. The number of hydrogen-bond acceptors (Lipinski definition) is 5. The molecule has 0 aliphatic rings. The number of rotatable bonds is 6. The Kier molecular flexibility index (Phi) is 5.48. The van der Waals surface area contributed by atoms with Gasteiger partial charge in [0, 0.05) is 30.1 Å². The van der Waals surface area contributed by atoms with Crippen molar-refractivity contribution in [2.24, 2.45) is 0 Å². The van der Waals surface area contributed by atoms with E-state index in [0.717, 1.165) is 16.3 Å². The molecule has 25 heavy (non-hydrogen) atoms. The minimum absolute atomic E-state index is 0.0931. The van der Waals surface area contributed by atoms with Gasteiger partial charge in [0.2, 0.25) is 10.0 Å². The highest BCUT2D eigenvalue weighted by Gasteiger charge is 2.14. The summed E-state index contributed by atoms with van der Waals surface area (Å²) in [6.45, 7) is 2.31. The van der Waals surface area contributed by atoms with Crippen molar-refractivity contribution < 1.29 is 8.42 Å². The molecule has 3 rings (SSSR count). The number of pyridine rings is 1. The molecule has 1 N–H and O–H groups in total. The van der Waals surface area contributed by atoms with Crippen molar-refractivity contribution in [3.8, 4) is 10.6 Å². The van der Waals surface area contributed by atoms with Crippen molar-refractivity contribution in [1.82, 2.24) is 14.7 Å². The molecule has 0 fully saturated rings. The lowest BCUT2D eigenvalue weighted by atomic mass is 10.2. The smallest absolute Gasteiger partial charge is 0.242 e. The maximum absolute atomic E-state index is 12.2. The van der Waals surface area contributed by atoms with Crippen LogP contribution < -0.4 is 4.72 Å². The summed E-state index contributed by atoms with van der Waals surface area (Å²) < 4.78 is 26.9. The van der Waals surface area contributed by atoms with Gasteiger partial charge in [-0.15, -0.1) is 11.3 Å². The standard InChI is InChI=1S/C17H16ClN3O2S2/c1-12-2-4-13(5-3-12)17-21-14(11-24-17)8-9-20-25(22,23)15-6-7-16(18)19-10-15/h2-7,10-11,20H,8-9H2,1H3. The molecule has 0 saturated heterocycles. The van der Waals surface area contributed by atoms with Gasteiger partial charge in [0.25, 0.3) is 0 Å². The highest BCUT2D eigenvalue weighted by Crippen LogP contribution is 2.24. The summed E-state index contributed by atoms with van der Waals surface area (Å²) in [7, 11) is -3.59. The fraction of sp³-hybridized carbons (Fsp3) is 0.176. The number of nitrogens with zero attached hydrogens (tertiary/aromatic N) is 2. The second kappa shape index (κ2) is 7.61. The van der Waals surface area contributed by atoms with Crippen LogP contribution in [0, 0.1) is 6.92 Å². The SMILES string of the molecule is Cc1ccc(-c2nc(CCNS(=O)(=O)c3ccc(Cl)nc3)cs2)cc1. The molecule has 1 aromatic carbocycles. The van der Waals surface area contributed by atoms with E-state index in [1.807, 2.05) is 36.6 Å². The third-order valence-corrected chi connectivity index (χ3v) is 6.14. The van der Waals surface area contributed by atoms with E-state index < -0.39 is 10.0 Å². The Balaban J connectivity index is 1.61. The number of thiazole rings is 1. The number of halogens is 1. The van der Waals surface area contributed by atoms with Crippen LogP contribution in [0.1, 0.15) is 11.3 Å². The minimum atomic E-state index is -3.59. The maximum atomic E-state index is 12.2. The van der Waals surface area contributed by atoms with Crippen LogP contribution in [0.2, 0.25) is 5.15 Å². The van der Waals surface area contributed by atoms with Gasteiger partial charge in [-0.25, -0.2) is 23.1 Å². The first-order valence-corrected chi connectivity index (χ1v) is 10.3. The Labute approximate surface area is 155 Å². The van der Waals surface area contributed by atoms with Crippen molar-refractivity contribution in [3.05, 3.63) is 64.4 Å². The van der Waals surface area contributed by atoms with Crippen LogP contribution in [0.25, 0.3) is 10.6 Å². The maximum Gasteiger partial charge on any atom is 0.242 e. The van der Waals surface area contributed by atoms with Gasteiger partial charge in [-0.2, -0.15) is 0 Å². The predicted octanol–water partition coefficient (Wildman–Crippen LogP) is 3.69. The average molecular weight is 394 g/mol. The van der Waals surface area contributed by atoms with Gasteiger partial charge in [0.05, 0.1) is 5.69 Å². The Bertz CT molecular complexity index is 952. The summed E-state index contributed by atoms with van der Waals surface area (Å²) in [6, 6.07) is 11.0. The molecule has 0 radical (unpaired) electrons. The van der Waals surface area contributed by atoms with Crippen LogP contribution in [0.3, 0.4) is 0 Å². The Morgan fingerprint density at radius 1 is 1.16 bits per heavy atom. The van der Waals surface area contributed by atoms with Gasteiger partial charge in [-0.05, 0) is 19.1 Å². The Morgan fingerprint density at radius 2 is 1.92 bits per heavy atom. The molecule has 0 bridgehead atoms. The lowest BCUT2D eigenvalue weighted by Crippen LogP contribution is -2.26. The van der Waals surface area contributed by atoms with Crippen molar-refractivity contribution in [2.45, 2.75) is 18.2 Å². The van der Waals surface area contributed by atoms with Gasteiger partial charge in [0.1, 0.15) is 15.1 Å². The van der Waals surface area contributed by atoms with Crippen LogP contribution in [-0.2, 0) is 16.4 Å². The van der Waals surface area contributed by atoms with Crippen molar-refractivity contribution in [3.63, 3.8) is 0 Å². The zero-order valence-electron chi connectivity index (χ0n) is 13.4. The zero-order chi connectivity index (χ0) is 17.9. The number of nitrogens with one attached hydrogen (secondary N) is 1. The molecule has 2 heterocycles. The molecular weight excluding hydrogens is 378 g/mol. The van der Waals surface area contributed by atoms with Crippen LogP contribution in [0.5, 0.6) is 0 Å². The topological polar surface area (TPSA) is 72.0 Å². The predicted molar refractivity (Wildman–Crippen MR) is 100 cm³/mol. The summed E-state index contributed by atoms with van der Waals surface area (Å²) in [5.74, 6) is 0. The average Bonchev–Trinajstić information content (AvgIpc) is 3.04.